The predicted octanol–water partition coefficient (Wildman–Crippen LogP) is 3.84. The van der Waals surface area contributed by atoms with E-state index in [1.54, 1.807) is 6.07 Å². The number of anilines is 1. The van der Waals surface area contributed by atoms with Gasteiger partial charge in [-0.1, -0.05) is 30.3 Å². The molecule has 0 saturated carbocycles. The van der Waals surface area contributed by atoms with Gasteiger partial charge in [0.2, 0.25) is 0 Å². The number of hydrogen-bond donors (Lipinski definition) is 2. The lowest BCUT2D eigenvalue weighted by atomic mass is 10.1. The maximum absolute atomic E-state index is 14.6. The molecule has 0 atom stereocenters. The largest absolute Gasteiger partial charge is 0.378 e. The summed E-state index contributed by atoms with van der Waals surface area (Å²) < 4.78 is 19.9. The fourth-order valence-corrected chi connectivity index (χ4v) is 3.21. The molecular weight excluding hydrogens is 482 g/mol. The summed E-state index contributed by atoms with van der Waals surface area (Å²) in [5, 5.41) is 6.59. The fourth-order valence-electron chi connectivity index (χ4n) is 3.21. The number of guanidine groups is 1. The number of hydrogen-bond acceptors (Lipinski definition) is 3. The number of aliphatic imine (C=N–C) groups is 1. The molecule has 1 fully saturated rings. The first-order valence-electron chi connectivity index (χ1n) is 9.85. The highest BCUT2D eigenvalue weighted by molar-refractivity contribution is 14.0. The van der Waals surface area contributed by atoms with Crippen LogP contribution >= 0.6 is 24.0 Å². The number of halogens is 2. The summed E-state index contributed by atoms with van der Waals surface area (Å²) >= 11 is 0. The van der Waals surface area contributed by atoms with E-state index in [0.717, 1.165) is 31.2 Å². The van der Waals surface area contributed by atoms with E-state index in [0.29, 0.717) is 32.0 Å². The Balaban J connectivity index is 0.00000300. The Bertz CT molecular complexity index is 809. The van der Waals surface area contributed by atoms with Crippen LogP contribution in [0.15, 0.2) is 47.5 Å². The normalized spacial score (nSPS) is 14.3. The van der Waals surface area contributed by atoms with Crippen molar-refractivity contribution in [1.82, 2.24) is 10.6 Å². The molecule has 0 unspecified atom stereocenters. The number of ether oxygens (including phenoxy) is 1. The van der Waals surface area contributed by atoms with Gasteiger partial charge in [0.15, 0.2) is 5.96 Å². The van der Waals surface area contributed by atoms with Crippen molar-refractivity contribution >= 4 is 35.6 Å². The third-order valence-corrected chi connectivity index (χ3v) is 4.84. The SMILES string of the molecule is CCNC(=NCc1ccc(N2CCOCC2)c(F)c1)NCc1ccccc1C.I. The van der Waals surface area contributed by atoms with Crippen LogP contribution in [0.4, 0.5) is 10.1 Å². The van der Waals surface area contributed by atoms with Gasteiger partial charge < -0.3 is 20.3 Å². The van der Waals surface area contributed by atoms with Gasteiger partial charge in [-0.05, 0) is 42.7 Å². The van der Waals surface area contributed by atoms with Gasteiger partial charge in [0, 0.05) is 26.2 Å². The second-order valence-electron chi connectivity index (χ2n) is 6.86. The first-order valence-corrected chi connectivity index (χ1v) is 9.85. The van der Waals surface area contributed by atoms with Crippen molar-refractivity contribution in [3.8, 4) is 0 Å². The van der Waals surface area contributed by atoms with Gasteiger partial charge in [0.25, 0.3) is 0 Å². The number of nitrogens with zero attached hydrogens (tertiary/aromatic N) is 2. The summed E-state index contributed by atoms with van der Waals surface area (Å²) in [7, 11) is 0. The van der Waals surface area contributed by atoms with Crippen molar-refractivity contribution in [1.29, 1.82) is 0 Å². The molecule has 2 aromatic rings. The molecule has 2 aromatic carbocycles. The molecule has 1 aliphatic rings. The average molecular weight is 512 g/mol. The van der Waals surface area contributed by atoms with Crippen LogP contribution in [0.2, 0.25) is 0 Å². The summed E-state index contributed by atoms with van der Waals surface area (Å²) in [5.74, 6) is 0.524. The Morgan fingerprint density at radius 3 is 2.59 bits per heavy atom. The number of morpholine rings is 1. The quantitative estimate of drug-likeness (QED) is 0.351. The van der Waals surface area contributed by atoms with Gasteiger partial charge in [-0.15, -0.1) is 24.0 Å². The second-order valence-corrected chi connectivity index (χ2v) is 6.86. The van der Waals surface area contributed by atoms with Crippen molar-refractivity contribution in [3.05, 3.63) is 65.0 Å². The monoisotopic (exact) mass is 512 g/mol. The van der Waals surface area contributed by atoms with Crippen LogP contribution in [0.1, 0.15) is 23.6 Å². The summed E-state index contributed by atoms with van der Waals surface area (Å²) in [6, 6.07) is 13.6. The van der Waals surface area contributed by atoms with E-state index in [1.807, 2.05) is 36.1 Å². The van der Waals surface area contributed by atoms with Gasteiger partial charge >= 0.3 is 0 Å². The summed E-state index contributed by atoms with van der Waals surface area (Å²) in [6.07, 6.45) is 0. The zero-order valence-corrected chi connectivity index (χ0v) is 19.4. The molecule has 29 heavy (non-hydrogen) atoms. The summed E-state index contributed by atoms with van der Waals surface area (Å²) in [4.78, 5) is 6.63. The van der Waals surface area contributed by atoms with Crippen molar-refractivity contribution in [2.24, 2.45) is 4.99 Å². The highest BCUT2D eigenvalue weighted by atomic mass is 127. The van der Waals surface area contributed by atoms with Crippen molar-refractivity contribution in [2.75, 3.05) is 37.7 Å². The van der Waals surface area contributed by atoms with Crippen LogP contribution in [0.3, 0.4) is 0 Å². The molecule has 1 saturated heterocycles. The number of aryl methyl sites for hydroxylation is 1. The summed E-state index contributed by atoms with van der Waals surface area (Å²) in [6.45, 7) is 8.75. The van der Waals surface area contributed by atoms with E-state index in [2.05, 4.69) is 34.7 Å². The highest BCUT2D eigenvalue weighted by Crippen LogP contribution is 2.22. The molecule has 5 nitrogen and oxygen atoms in total. The van der Waals surface area contributed by atoms with Gasteiger partial charge in [-0.3, -0.25) is 0 Å². The van der Waals surface area contributed by atoms with Crippen LogP contribution in [0.5, 0.6) is 0 Å². The highest BCUT2D eigenvalue weighted by Gasteiger charge is 2.15. The molecule has 7 heteroatoms. The average Bonchev–Trinajstić information content (AvgIpc) is 2.72. The third-order valence-electron chi connectivity index (χ3n) is 4.84. The lowest BCUT2D eigenvalue weighted by Gasteiger charge is -2.29. The topological polar surface area (TPSA) is 48.9 Å². The fraction of sp³-hybridized carbons (Fsp3) is 0.409. The van der Waals surface area contributed by atoms with Gasteiger partial charge in [0.1, 0.15) is 5.82 Å². The molecule has 0 aliphatic carbocycles. The van der Waals surface area contributed by atoms with Crippen molar-refractivity contribution in [2.45, 2.75) is 26.9 Å². The van der Waals surface area contributed by atoms with E-state index in [1.165, 1.54) is 11.1 Å². The third kappa shape index (κ3) is 6.85. The molecular formula is C22H30FIN4O. The zero-order chi connectivity index (χ0) is 19.8. The predicted molar refractivity (Wildman–Crippen MR) is 128 cm³/mol. The molecule has 0 spiro atoms. The van der Waals surface area contributed by atoms with E-state index in [4.69, 9.17) is 4.74 Å². The molecule has 0 bridgehead atoms. The van der Waals surface area contributed by atoms with Crippen LogP contribution in [0.25, 0.3) is 0 Å². The maximum Gasteiger partial charge on any atom is 0.191 e. The maximum atomic E-state index is 14.6. The molecule has 1 heterocycles. The Labute approximate surface area is 189 Å². The Hall–Kier alpha value is -1.87. The summed E-state index contributed by atoms with van der Waals surface area (Å²) in [5.41, 5.74) is 3.96. The molecule has 0 aromatic heterocycles. The van der Waals surface area contributed by atoms with Crippen molar-refractivity contribution in [3.63, 3.8) is 0 Å². The zero-order valence-electron chi connectivity index (χ0n) is 17.1. The number of rotatable bonds is 6. The van der Waals surface area contributed by atoms with Gasteiger partial charge in [-0.2, -0.15) is 0 Å². The minimum absolute atomic E-state index is 0. The minimum Gasteiger partial charge on any atom is -0.378 e. The Kier molecular flexibility index (Phi) is 9.66. The van der Waals surface area contributed by atoms with Crippen LogP contribution in [-0.2, 0) is 17.8 Å². The van der Waals surface area contributed by atoms with E-state index >= 15 is 0 Å². The standard InChI is InChI=1S/C22H29FN4O.HI/c1-3-24-22(26-16-19-7-5-4-6-17(19)2)25-15-18-8-9-21(20(23)14-18)27-10-12-28-13-11-27;/h4-9,14H,3,10-13,15-16H2,1-2H3,(H2,24,25,26);1H. The first kappa shape index (κ1) is 23.4. The second kappa shape index (κ2) is 12.0. The molecule has 0 radical (unpaired) electrons. The van der Waals surface area contributed by atoms with Gasteiger partial charge in [0.05, 0.1) is 25.4 Å². The molecule has 2 N–H and O–H groups in total. The molecule has 158 valence electrons. The van der Waals surface area contributed by atoms with Crippen LogP contribution in [-0.4, -0.2) is 38.8 Å². The first-order chi connectivity index (χ1) is 13.7. The van der Waals surface area contributed by atoms with Gasteiger partial charge in [-0.25, -0.2) is 9.38 Å². The molecule has 1 aliphatic heterocycles. The Morgan fingerprint density at radius 1 is 1.14 bits per heavy atom. The van der Waals surface area contributed by atoms with E-state index in [9.17, 15) is 4.39 Å². The van der Waals surface area contributed by atoms with Crippen molar-refractivity contribution < 1.29 is 9.13 Å². The lowest BCUT2D eigenvalue weighted by molar-refractivity contribution is 0.122. The number of nitrogens with one attached hydrogen (secondary N) is 2. The van der Waals surface area contributed by atoms with E-state index < -0.39 is 0 Å². The number of benzene rings is 2. The lowest BCUT2D eigenvalue weighted by Crippen LogP contribution is -2.37. The van der Waals surface area contributed by atoms with Crippen LogP contribution < -0.4 is 15.5 Å². The van der Waals surface area contributed by atoms with Crippen LogP contribution in [0, 0.1) is 12.7 Å². The smallest absolute Gasteiger partial charge is 0.191 e. The van der Waals surface area contributed by atoms with E-state index in [-0.39, 0.29) is 29.8 Å². The molecule has 3 rings (SSSR count). The minimum atomic E-state index is -0.201. The molecule has 0 amide bonds. The Morgan fingerprint density at radius 2 is 1.90 bits per heavy atom.